The van der Waals surface area contributed by atoms with E-state index >= 15 is 0 Å². The van der Waals surface area contributed by atoms with E-state index in [4.69, 9.17) is 0 Å². The molecule has 106 valence electrons. The van der Waals surface area contributed by atoms with Crippen LogP contribution in [0.2, 0.25) is 0 Å². The van der Waals surface area contributed by atoms with Crippen LogP contribution in [0.1, 0.15) is 12.8 Å². The van der Waals surface area contributed by atoms with E-state index in [9.17, 15) is 18.0 Å². The summed E-state index contributed by atoms with van der Waals surface area (Å²) in [4.78, 5) is 12.8. The Morgan fingerprint density at radius 1 is 1.39 bits per heavy atom. The average molecular weight is 287 g/mol. The van der Waals surface area contributed by atoms with Crippen LogP contribution in [-0.4, -0.2) is 43.2 Å². The second-order valence-electron chi connectivity index (χ2n) is 4.15. The maximum atomic E-state index is 12.3. The second-order valence-corrected chi connectivity index (χ2v) is 4.15. The number of nitrogens with zero attached hydrogens (tertiary/aromatic N) is 1. The van der Waals surface area contributed by atoms with Crippen molar-refractivity contribution in [3.63, 3.8) is 0 Å². The highest BCUT2D eigenvalue weighted by Crippen LogP contribution is 2.20. The number of nitrogens with one attached hydrogen (secondary N) is 1. The van der Waals surface area contributed by atoms with Crippen molar-refractivity contribution >= 4 is 18.3 Å². The third-order valence-corrected chi connectivity index (χ3v) is 2.72. The molecule has 1 aliphatic rings. The molecule has 1 N–H and O–H groups in total. The minimum absolute atomic E-state index is 0. The lowest BCUT2D eigenvalue weighted by molar-refractivity contribution is -0.163. The molecule has 7 heteroatoms. The van der Waals surface area contributed by atoms with E-state index < -0.39 is 18.6 Å². The van der Waals surface area contributed by atoms with E-state index in [2.05, 4.69) is 11.9 Å². The number of hydrogen-bond acceptors (Lipinski definition) is 2. The van der Waals surface area contributed by atoms with Gasteiger partial charge in [0.25, 0.3) is 0 Å². The molecule has 1 saturated heterocycles. The molecule has 0 bridgehead atoms. The first-order valence-corrected chi connectivity index (χ1v) is 5.61. The van der Waals surface area contributed by atoms with Crippen LogP contribution in [0, 0.1) is 5.92 Å². The molecule has 1 fully saturated rings. The van der Waals surface area contributed by atoms with Gasteiger partial charge in [0, 0.05) is 12.5 Å². The summed E-state index contributed by atoms with van der Waals surface area (Å²) in [6, 6.07) is 0. The first-order chi connectivity index (χ1) is 7.94. The van der Waals surface area contributed by atoms with E-state index in [0.29, 0.717) is 25.9 Å². The van der Waals surface area contributed by atoms with Gasteiger partial charge in [-0.3, -0.25) is 4.79 Å². The highest BCUT2D eigenvalue weighted by molar-refractivity contribution is 5.85. The van der Waals surface area contributed by atoms with Gasteiger partial charge in [-0.25, -0.2) is 0 Å². The molecule has 1 rings (SSSR count). The van der Waals surface area contributed by atoms with Crippen molar-refractivity contribution < 1.29 is 18.0 Å². The summed E-state index contributed by atoms with van der Waals surface area (Å²) < 4.78 is 36.9. The van der Waals surface area contributed by atoms with Crippen LogP contribution in [0.3, 0.4) is 0 Å². The largest absolute Gasteiger partial charge is 0.406 e. The highest BCUT2D eigenvalue weighted by Gasteiger charge is 2.35. The SMILES string of the molecule is C=CCN(CC(F)(F)F)C(=O)C1CCNCC1.Cl. The number of rotatable bonds is 4. The highest BCUT2D eigenvalue weighted by atomic mass is 35.5. The molecule has 18 heavy (non-hydrogen) atoms. The summed E-state index contributed by atoms with van der Waals surface area (Å²) in [5, 5.41) is 3.08. The molecule has 1 amide bonds. The van der Waals surface area contributed by atoms with Crippen molar-refractivity contribution in [2.45, 2.75) is 19.0 Å². The smallest absolute Gasteiger partial charge is 0.330 e. The number of halogens is 4. The number of amides is 1. The van der Waals surface area contributed by atoms with Gasteiger partial charge in [-0.2, -0.15) is 13.2 Å². The first-order valence-electron chi connectivity index (χ1n) is 5.61. The van der Waals surface area contributed by atoms with Crippen LogP contribution in [0.15, 0.2) is 12.7 Å². The molecule has 1 aliphatic heterocycles. The summed E-state index contributed by atoms with van der Waals surface area (Å²) in [5.41, 5.74) is 0. The van der Waals surface area contributed by atoms with Crippen LogP contribution >= 0.6 is 12.4 Å². The van der Waals surface area contributed by atoms with E-state index in [-0.39, 0.29) is 24.9 Å². The third kappa shape index (κ3) is 5.73. The standard InChI is InChI=1S/C11H17F3N2O.ClH/c1-2-7-16(8-11(12,13)14)10(17)9-3-5-15-6-4-9;/h2,9,15H,1,3-8H2;1H. The molecule has 0 aromatic rings. The van der Waals surface area contributed by atoms with Gasteiger partial charge in [0.2, 0.25) is 5.91 Å². The second kappa shape index (κ2) is 7.63. The molecule has 0 aromatic carbocycles. The summed E-state index contributed by atoms with van der Waals surface area (Å²) in [6.07, 6.45) is -1.83. The molecule has 0 radical (unpaired) electrons. The van der Waals surface area contributed by atoms with Gasteiger partial charge in [0.1, 0.15) is 6.54 Å². The van der Waals surface area contributed by atoms with Gasteiger partial charge < -0.3 is 10.2 Å². The first kappa shape index (κ1) is 17.2. The molecule has 1 heterocycles. The van der Waals surface area contributed by atoms with E-state index in [1.165, 1.54) is 6.08 Å². The van der Waals surface area contributed by atoms with Crippen molar-refractivity contribution in [3.05, 3.63) is 12.7 Å². The molecule has 0 saturated carbocycles. The van der Waals surface area contributed by atoms with Crippen molar-refractivity contribution in [2.75, 3.05) is 26.2 Å². The Hall–Kier alpha value is -0.750. The lowest BCUT2D eigenvalue weighted by Gasteiger charge is -2.29. The van der Waals surface area contributed by atoms with E-state index in [0.717, 1.165) is 4.90 Å². The van der Waals surface area contributed by atoms with Gasteiger partial charge in [-0.1, -0.05) is 6.08 Å². The zero-order valence-corrected chi connectivity index (χ0v) is 10.8. The summed E-state index contributed by atoms with van der Waals surface area (Å²) in [5.74, 6) is -0.706. The molecule has 0 unspecified atom stereocenters. The molecular formula is C11H18ClF3N2O. The van der Waals surface area contributed by atoms with Gasteiger partial charge in [-0.15, -0.1) is 19.0 Å². The van der Waals surface area contributed by atoms with Crippen LogP contribution in [0.5, 0.6) is 0 Å². The van der Waals surface area contributed by atoms with E-state index in [1.807, 2.05) is 0 Å². The molecule has 0 atom stereocenters. The van der Waals surface area contributed by atoms with Crippen molar-refractivity contribution in [3.8, 4) is 0 Å². The summed E-state index contributed by atoms with van der Waals surface area (Å²) in [7, 11) is 0. The van der Waals surface area contributed by atoms with Crippen molar-refractivity contribution in [1.29, 1.82) is 0 Å². The Morgan fingerprint density at radius 2 is 1.94 bits per heavy atom. The summed E-state index contributed by atoms with van der Waals surface area (Å²) >= 11 is 0. The van der Waals surface area contributed by atoms with Gasteiger partial charge in [0.15, 0.2) is 0 Å². The van der Waals surface area contributed by atoms with Gasteiger partial charge in [-0.05, 0) is 25.9 Å². The number of alkyl halides is 3. The number of carbonyl (C=O) groups excluding carboxylic acids is 1. The Bertz CT molecular complexity index is 278. The molecule has 3 nitrogen and oxygen atoms in total. The van der Waals surface area contributed by atoms with Crippen molar-refractivity contribution in [1.82, 2.24) is 10.2 Å². The van der Waals surface area contributed by atoms with Crippen molar-refractivity contribution in [2.24, 2.45) is 5.92 Å². The Kier molecular flexibility index (Phi) is 7.32. The zero-order valence-electron chi connectivity index (χ0n) is 10.0. The molecular weight excluding hydrogens is 269 g/mol. The quantitative estimate of drug-likeness (QED) is 0.802. The maximum Gasteiger partial charge on any atom is 0.406 e. The topological polar surface area (TPSA) is 32.3 Å². The van der Waals surface area contributed by atoms with Crippen LogP contribution in [-0.2, 0) is 4.79 Å². The Labute approximate surface area is 111 Å². The number of hydrogen-bond donors (Lipinski definition) is 1. The molecule has 0 aromatic heterocycles. The number of carbonyl (C=O) groups is 1. The van der Waals surface area contributed by atoms with Crippen LogP contribution in [0.4, 0.5) is 13.2 Å². The monoisotopic (exact) mass is 286 g/mol. The predicted octanol–water partition coefficient (Wildman–Crippen LogP) is 1.98. The van der Waals surface area contributed by atoms with Crippen LogP contribution < -0.4 is 5.32 Å². The van der Waals surface area contributed by atoms with Gasteiger partial charge >= 0.3 is 6.18 Å². The fourth-order valence-electron chi connectivity index (χ4n) is 1.93. The Balaban J connectivity index is 0.00000289. The van der Waals surface area contributed by atoms with Crippen LogP contribution in [0.25, 0.3) is 0 Å². The number of piperidine rings is 1. The average Bonchev–Trinajstić information content (AvgIpc) is 2.27. The predicted molar refractivity (Wildman–Crippen MR) is 65.7 cm³/mol. The third-order valence-electron chi connectivity index (χ3n) is 2.72. The lowest BCUT2D eigenvalue weighted by Crippen LogP contribution is -2.44. The Morgan fingerprint density at radius 3 is 2.39 bits per heavy atom. The van der Waals surface area contributed by atoms with E-state index in [1.54, 1.807) is 0 Å². The fourth-order valence-corrected chi connectivity index (χ4v) is 1.93. The maximum absolute atomic E-state index is 12.3. The molecule has 0 spiro atoms. The normalized spacial score (nSPS) is 16.8. The minimum atomic E-state index is -4.36. The fraction of sp³-hybridized carbons (Fsp3) is 0.727. The molecule has 0 aliphatic carbocycles. The minimum Gasteiger partial charge on any atom is -0.330 e. The zero-order chi connectivity index (χ0) is 12.9. The summed E-state index contributed by atoms with van der Waals surface area (Å²) in [6.45, 7) is 3.51. The van der Waals surface area contributed by atoms with Gasteiger partial charge in [0.05, 0.1) is 0 Å². The lowest BCUT2D eigenvalue weighted by atomic mass is 9.96.